The zero-order valence-corrected chi connectivity index (χ0v) is 13.7. The van der Waals surface area contributed by atoms with Crippen molar-refractivity contribution >= 4 is 0 Å². The predicted molar refractivity (Wildman–Crippen MR) is 85.5 cm³/mol. The minimum atomic E-state index is 0.0679. The Hall–Kier alpha value is -1.02. The molecule has 0 heterocycles. The van der Waals surface area contributed by atoms with Gasteiger partial charge in [0, 0.05) is 5.54 Å². The highest BCUT2D eigenvalue weighted by Crippen LogP contribution is 2.39. The third-order valence-corrected chi connectivity index (χ3v) is 4.03. The minimum Gasteiger partial charge on any atom is -0.487 e. The fourth-order valence-electron chi connectivity index (χ4n) is 2.88. The first-order valence-corrected chi connectivity index (χ1v) is 7.80. The first-order chi connectivity index (χ1) is 9.28. The van der Waals surface area contributed by atoms with Crippen LogP contribution >= 0.6 is 0 Å². The fraction of sp³-hybridized carbons (Fsp3) is 0.667. The summed E-state index contributed by atoms with van der Waals surface area (Å²) in [5, 5.41) is 3.57. The molecule has 1 fully saturated rings. The molecule has 112 valence electrons. The molecule has 20 heavy (non-hydrogen) atoms. The van der Waals surface area contributed by atoms with E-state index in [-0.39, 0.29) is 11.1 Å². The van der Waals surface area contributed by atoms with Crippen molar-refractivity contribution in [3.8, 4) is 5.75 Å². The van der Waals surface area contributed by atoms with E-state index in [2.05, 4.69) is 58.1 Å². The Labute approximate surface area is 123 Å². The van der Waals surface area contributed by atoms with Gasteiger partial charge in [0.15, 0.2) is 0 Å². The third-order valence-electron chi connectivity index (χ3n) is 4.03. The zero-order chi connectivity index (χ0) is 14.8. The predicted octanol–water partition coefficient (Wildman–Crippen LogP) is 4.38. The zero-order valence-electron chi connectivity index (χ0n) is 13.7. The van der Waals surface area contributed by atoms with Crippen molar-refractivity contribution in [2.24, 2.45) is 0 Å². The number of hydrogen-bond donors (Lipinski definition) is 1. The largest absolute Gasteiger partial charge is 0.487 e. The van der Waals surface area contributed by atoms with Crippen LogP contribution in [0, 0.1) is 13.8 Å². The van der Waals surface area contributed by atoms with Gasteiger partial charge < -0.3 is 10.1 Å². The molecule has 2 nitrogen and oxygen atoms in total. The highest BCUT2D eigenvalue weighted by Gasteiger charge is 2.39. The summed E-state index contributed by atoms with van der Waals surface area (Å²) in [4.78, 5) is 0. The molecular formula is C18H29NO. The molecule has 0 atom stereocenters. The van der Waals surface area contributed by atoms with Crippen molar-refractivity contribution in [1.82, 2.24) is 5.32 Å². The van der Waals surface area contributed by atoms with Crippen LogP contribution < -0.4 is 10.1 Å². The van der Waals surface area contributed by atoms with Gasteiger partial charge in [0.1, 0.15) is 11.4 Å². The molecule has 1 aliphatic rings. The Morgan fingerprint density at radius 1 is 1.10 bits per heavy atom. The Balaban J connectivity index is 1.97. The molecule has 0 bridgehead atoms. The number of aryl methyl sites for hydroxylation is 2. The highest BCUT2D eigenvalue weighted by atomic mass is 16.5. The van der Waals surface area contributed by atoms with E-state index in [4.69, 9.17) is 4.74 Å². The lowest BCUT2D eigenvalue weighted by atomic mass is 9.77. The maximum absolute atomic E-state index is 6.37. The van der Waals surface area contributed by atoms with E-state index in [9.17, 15) is 0 Å². The van der Waals surface area contributed by atoms with Crippen LogP contribution in [-0.4, -0.2) is 17.7 Å². The molecule has 0 spiro atoms. The molecule has 2 heteroatoms. The van der Waals surface area contributed by atoms with Crippen LogP contribution in [0.3, 0.4) is 0 Å². The van der Waals surface area contributed by atoms with Gasteiger partial charge in [-0.05, 0) is 90.1 Å². The molecule has 0 aromatic heterocycles. The maximum Gasteiger partial charge on any atom is 0.120 e. The Morgan fingerprint density at radius 3 is 2.15 bits per heavy atom. The topological polar surface area (TPSA) is 21.3 Å². The molecular weight excluding hydrogens is 246 g/mol. The van der Waals surface area contributed by atoms with Gasteiger partial charge in [-0.25, -0.2) is 0 Å². The van der Waals surface area contributed by atoms with Crippen molar-refractivity contribution in [3.63, 3.8) is 0 Å². The smallest absolute Gasteiger partial charge is 0.120 e. The minimum absolute atomic E-state index is 0.0679. The maximum atomic E-state index is 6.37. The van der Waals surface area contributed by atoms with E-state index in [1.54, 1.807) is 0 Å². The third kappa shape index (κ3) is 4.24. The molecule has 1 aromatic carbocycles. The summed E-state index contributed by atoms with van der Waals surface area (Å²) < 4.78 is 6.37. The summed E-state index contributed by atoms with van der Waals surface area (Å²) in [5.41, 5.74) is 2.81. The number of benzene rings is 1. The summed E-state index contributed by atoms with van der Waals surface area (Å²) in [6.45, 7) is 11.9. The van der Waals surface area contributed by atoms with Crippen molar-refractivity contribution in [2.75, 3.05) is 6.54 Å². The molecule has 0 saturated heterocycles. The number of nitrogens with one attached hydrogen (secondary N) is 1. The molecule has 1 saturated carbocycles. The fourth-order valence-corrected chi connectivity index (χ4v) is 2.88. The van der Waals surface area contributed by atoms with Crippen LogP contribution in [0.2, 0.25) is 0 Å². The summed E-state index contributed by atoms with van der Waals surface area (Å²) in [6.07, 6.45) is 4.76. The standard InChI is InChI=1S/C18H29NO/c1-14-11-15(2)13-16(12-14)20-18(7-6-8-18)9-10-19-17(3,4)5/h11-13,19H,6-10H2,1-5H3. The molecule has 0 amide bonds. The Kier molecular flexibility index (Phi) is 4.43. The lowest BCUT2D eigenvalue weighted by Gasteiger charge is -2.42. The average molecular weight is 275 g/mol. The van der Waals surface area contributed by atoms with Gasteiger partial charge in [-0.2, -0.15) is 0 Å². The van der Waals surface area contributed by atoms with Gasteiger partial charge in [0.2, 0.25) is 0 Å². The van der Waals surface area contributed by atoms with E-state index >= 15 is 0 Å². The Morgan fingerprint density at radius 2 is 1.70 bits per heavy atom. The second kappa shape index (κ2) is 5.77. The molecule has 1 aliphatic carbocycles. The van der Waals surface area contributed by atoms with Crippen LogP contribution in [0.4, 0.5) is 0 Å². The van der Waals surface area contributed by atoms with Crippen molar-refractivity contribution in [1.29, 1.82) is 0 Å². The van der Waals surface area contributed by atoms with Crippen LogP contribution in [-0.2, 0) is 0 Å². The van der Waals surface area contributed by atoms with Gasteiger partial charge in [-0.1, -0.05) is 6.07 Å². The van der Waals surface area contributed by atoms with Crippen LogP contribution in [0.1, 0.15) is 57.6 Å². The monoisotopic (exact) mass is 275 g/mol. The number of ether oxygens (including phenoxy) is 1. The van der Waals surface area contributed by atoms with Crippen molar-refractivity contribution in [3.05, 3.63) is 29.3 Å². The Bertz CT molecular complexity index is 435. The molecule has 1 N–H and O–H groups in total. The van der Waals surface area contributed by atoms with Gasteiger partial charge in [0.05, 0.1) is 0 Å². The van der Waals surface area contributed by atoms with Crippen LogP contribution in [0.25, 0.3) is 0 Å². The molecule has 0 aliphatic heterocycles. The summed E-state index contributed by atoms with van der Waals surface area (Å²) in [6, 6.07) is 6.51. The van der Waals surface area contributed by atoms with E-state index in [1.807, 2.05) is 0 Å². The van der Waals surface area contributed by atoms with E-state index in [0.29, 0.717) is 0 Å². The van der Waals surface area contributed by atoms with Crippen LogP contribution in [0.15, 0.2) is 18.2 Å². The lowest BCUT2D eigenvalue weighted by Crippen LogP contribution is -2.47. The van der Waals surface area contributed by atoms with E-state index in [0.717, 1.165) is 18.7 Å². The molecule has 0 radical (unpaired) electrons. The van der Waals surface area contributed by atoms with Crippen LogP contribution in [0.5, 0.6) is 5.75 Å². The first-order valence-electron chi connectivity index (χ1n) is 7.80. The average Bonchev–Trinajstić information content (AvgIpc) is 2.22. The number of rotatable bonds is 5. The molecule has 2 rings (SSSR count). The quantitative estimate of drug-likeness (QED) is 0.861. The molecule has 0 unspecified atom stereocenters. The summed E-state index contributed by atoms with van der Waals surface area (Å²) in [5.74, 6) is 1.04. The lowest BCUT2D eigenvalue weighted by molar-refractivity contribution is -0.0153. The second-order valence-corrected chi connectivity index (χ2v) is 7.39. The van der Waals surface area contributed by atoms with Gasteiger partial charge in [0.25, 0.3) is 0 Å². The second-order valence-electron chi connectivity index (χ2n) is 7.39. The first kappa shape index (κ1) is 15.4. The van der Waals surface area contributed by atoms with Crippen molar-refractivity contribution in [2.45, 2.75) is 71.4 Å². The van der Waals surface area contributed by atoms with E-state index in [1.165, 1.54) is 30.4 Å². The molecule has 1 aromatic rings. The summed E-state index contributed by atoms with van der Waals surface area (Å²) in [7, 11) is 0. The van der Waals surface area contributed by atoms with Gasteiger partial charge in [-0.3, -0.25) is 0 Å². The SMILES string of the molecule is Cc1cc(C)cc(OC2(CCNC(C)(C)C)CCC2)c1. The van der Waals surface area contributed by atoms with Crippen molar-refractivity contribution < 1.29 is 4.74 Å². The van der Waals surface area contributed by atoms with Gasteiger partial charge >= 0.3 is 0 Å². The van der Waals surface area contributed by atoms with E-state index < -0.39 is 0 Å². The number of hydrogen-bond acceptors (Lipinski definition) is 2. The highest BCUT2D eigenvalue weighted by molar-refractivity contribution is 5.33. The van der Waals surface area contributed by atoms with Gasteiger partial charge in [-0.15, -0.1) is 0 Å². The normalized spacial score (nSPS) is 17.6. The summed E-state index contributed by atoms with van der Waals surface area (Å²) >= 11 is 0.